The average Bonchev–Trinajstić information content (AvgIpc) is 2.70. The van der Waals surface area contributed by atoms with Crippen molar-refractivity contribution in [3.63, 3.8) is 0 Å². The number of carbonyl (C=O) groups is 1. The van der Waals surface area contributed by atoms with Crippen molar-refractivity contribution in [3.8, 4) is 0 Å². The molecule has 0 radical (unpaired) electrons. The van der Waals surface area contributed by atoms with Crippen LogP contribution in [0.3, 0.4) is 0 Å². The van der Waals surface area contributed by atoms with Gasteiger partial charge in [0.15, 0.2) is 9.84 Å². The van der Waals surface area contributed by atoms with Gasteiger partial charge in [-0.25, -0.2) is 8.42 Å². The smallest absolute Gasteiger partial charge is 0.150 e. The van der Waals surface area contributed by atoms with Gasteiger partial charge < -0.3 is 5.11 Å². The van der Waals surface area contributed by atoms with Crippen LogP contribution in [0.25, 0.3) is 0 Å². The topological polar surface area (TPSA) is 71.4 Å². The molecular formula is C13H16O4S. The van der Waals surface area contributed by atoms with Crippen LogP contribution in [0.1, 0.15) is 29.3 Å². The third-order valence-corrected chi connectivity index (χ3v) is 5.43. The second-order valence-electron chi connectivity index (χ2n) is 4.95. The summed E-state index contributed by atoms with van der Waals surface area (Å²) in [5.41, 5.74) is -0.380. The molecule has 0 aromatic heterocycles. The van der Waals surface area contributed by atoms with Gasteiger partial charge >= 0.3 is 0 Å². The van der Waals surface area contributed by atoms with E-state index in [2.05, 4.69) is 0 Å². The number of sulfone groups is 1. The minimum absolute atomic E-state index is 0.0206. The summed E-state index contributed by atoms with van der Waals surface area (Å²) in [5.74, 6) is -0.270. The summed E-state index contributed by atoms with van der Waals surface area (Å²) in [4.78, 5) is 11.0. The largest absolute Gasteiger partial charge is 0.385 e. The van der Waals surface area contributed by atoms with Crippen LogP contribution < -0.4 is 0 Å². The van der Waals surface area contributed by atoms with E-state index in [0.29, 0.717) is 23.8 Å². The Kier molecular flexibility index (Phi) is 3.29. The number of carbonyl (C=O) groups excluding carboxylic acids is 1. The Balaban J connectivity index is 2.39. The molecule has 2 rings (SSSR count). The number of aliphatic hydroxyl groups is 1. The van der Waals surface area contributed by atoms with Crippen LogP contribution >= 0.6 is 0 Å². The van der Waals surface area contributed by atoms with Gasteiger partial charge in [-0.3, -0.25) is 4.79 Å². The summed E-state index contributed by atoms with van der Waals surface area (Å²) >= 11 is 0. The summed E-state index contributed by atoms with van der Waals surface area (Å²) in [7, 11) is -3.05. The van der Waals surface area contributed by atoms with Crippen molar-refractivity contribution in [2.24, 2.45) is 5.92 Å². The first-order valence-electron chi connectivity index (χ1n) is 5.84. The van der Waals surface area contributed by atoms with Gasteiger partial charge in [0.2, 0.25) is 0 Å². The number of hydrogen-bond acceptors (Lipinski definition) is 4. The van der Waals surface area contributed by atoms with Gasteiger partial charge in [0.05, 0.1) is 17.1 Å². The average molecular weight is 268 g/mol. The molecule has 5 heteroatoms. The zero-order valence-corrected chi connectivity index (χ0v) is 11.0. The normalized spacial score (nSPS) is 25.6. The van der Waals surface area contributed by atoms with Crippen LogP contribution in [0, 0.1) is 5.92 Å². The predicted molar refractivity (Wildman–Crippen MR) is 68.2 cm³/mol. The lowest BCUT2D eigenvalue weighted by Crippen LogP contribution is -2.33. The Morgan fingerprint density at radius 2 is 2.06 bits per heavy atom. The van der Waals surface area contributed by atoms with Gasteiger partial charge in [0, 0.05) is 11.5 Å². The quantitative estimate of drug-likeness (QED) is 0.834. The first-order valence-corrected chi connectivity index (χ1v) is 7.66. The Morgan fingerprint density at radius 1 is 1.39 bits per heavy atom. The van der Waals surface area contributed by atoms with Crippen LogP contribution in [0.5, 0.6) is 0 Å². The molecule has 0 bridgehead atoms. The lowest BCUT2D eigenvalue weighted by atomic mass is 9.80. The molecule has 1 saturated heterocycles. The molecule has 1 heterocycles. The van der Waals surface area contributed by atoms with E-state index in [1.165, 1.54) is 0 Å². The van der Waals surface area contributed by atoms with E-state index >= 15 is 0 Å². The highest BCUT2D eigenvalue weighted by Gasteiger charge is 2.42. The minimum atomic E-state index is -3.05. The van der Waals surface area contributed by atoms with E-state index < -0.39 is 15.4 Å². The summed E-state index contributed by atoms with van der Waals surface area (Å²) in [6.07, 6.45) is 1.12. The Hall–Kier alpha value is -1.20. The molecule has 2 unspecified atom stereocenters. The molecular weight excluding hydrogens is 252 g/mol. The molecule has 1 aromatic rings. The van der Waals surface area contributed by atoms with Gasteiger partial charge in [-0.15, -0.1) is 0 Å². The van der Waals surface area contributed by atoms with Gasteiger partial charge in [-0.05, 0) is 18.9 Å². The van der Waals surface area contributed by atoms with Crippen LogP contribution in [0.2, 0.25) is 0 Å². The summed E-state index contributed by atoms with van der Waals surface area (Å²) < 4.78 is 23.0. The third kappa shape index (κ3) is 2.33. The van der Waals surface area contributed by atoms with Crippen LogP contribution in [0.4, 0.5) is 0 Å². The van der Waals surface area contributed by atoms with Gasteiger partial charge in [-0.1, -0.05) is 24.3 Å². The maximum Gasteiger partial charge on any atom is 0.150 e. The van der Waals surface area contributed by atoms with Crippen LogP contribution in [-0.4, -0.2) is 31.3 Å². The summed E-state index contributed by atoms with van der Waals surface area (Å²) in [5, 5.41) is 10.6. The molecule has 1 aliphatic rings. The van der Waals surface area contributed by atoms with Crippen molar-refractivity contribution in [1.82, 2.24) is 0 Å². The molecule has 2 atom stereocenters. The highest BCUT2D eigenvalue weighted by atomic mass is 32.2. The molecule has 0 saturated carbocycles. The molecule has 4 nitrogen and oxygen atoms in total. The summed E-state index contributed by atoms with van der Waals surface area (Å²) in [6.45, 7) is 1.58. The molecule has 1 aliphatic heterocycles. The number of aldehydes is 1. The second-order valence-corrected chi connectivity index (χ2v) is 7.18. The van der Waals surface area contributed by atoms with E-state index in [1.54, 1.807) is 31.2 Å². The van der Waals surface area contributed by atoms with E-state index in [-0.39, 0.29) is 17.4 Å². The van der Waals surface area contributed by atoms with Crippen molar-refractivity contribution in [3.05, 3.63) is 35.4 Å². The highest BCUT2D eigenvalue weighted by Crippen LogP contribution is 2.37. The molecule has 0 spiro atoms. The fraction of sp³-hybridized carbons (Fsp3) is 0.462. The van der Waals surface area contributed by atoms with Gasteiger partial charge in [0.25, 0.3) is 0 Å². The lowest BCUT2D eigenvalue weighted by Gasteiger charge is -2.30. The number of rotatable bonds is 3. The zero-order valence-electron chi connectivity index (χ0n) is 10.2. The van der Waals surface area contributed by atoms with E-state index in [4.69, 9.17) is 0 Å². The number of hydrogen-bond donors (Lipinski definition) is 1. The molecule has 1 aromatic carbocycles. The lowest BCUT2D eigenvalue weighted by molar-refractivity contribution is 0.00399. The van der Waals surface area contributed by atoms with Gasteiger partial charge in [-0.2, -0.15) is 0 Å². The van der Waals surface area contributed by atoms with Gasteiger partial charge in [0.1, 0.15) is 6.29 Å². The minimum Gasteiger partial charge on any atom is -0.385 e. The number of benzene rings is 1. The van der Waals surface area contributed by atoms with E-state index in [0.717, 1.165) is 0 Å². The fourth-order valence-electron chi connectivity index (χ4n) is 2.52. The Labute approximate surface area is 107 Å². The molecule has 1 N–H and O–H groups in total. The van der Waals surface area contributed by atoms with Crippen molar-refractivity contribution in [2.75, 3.05) is 11.5 Å². The standard InChI is InChI=1S/C13H16O4S/c1-13(15,11-6-7-18(16,17)9-11)12-5-3-2-4-10(12)8-14/h2-5,8,11,15H,6-7,9H2,1H3. The Morgan fingerprint density at radius 3 is 2.61 bits per heavy atom. The predicted octanol–water partition coefficient (Wildman–Crippen LogP) is 1.14. The highest BCUT2D eigenvalue weighted by molar-refractivity contribution is 7.91. The molecule has 1 fully saturated rings. The first-order chi connectivity index (χ1) is 8.37. The SMILES string of the molecule is CC(O)(c1ccccc1C=O)C1CCS(=O)(=O)C1. The maximum atomic E-state index is 11.5. The fourth-order valence-corrected chi connectivity index (χ4v) is 4.43. The summed E-state index contributed by atoms with van der Waals surface area (Å²) in [6, 6.07) is 6.75. The van der Waals surface area contributed by atoms with Crippen molar-refractivity contribution >= 4 is 16.1 Å². The molecule has 98 valence electrons. The van der Waals surface area contributed by atoms with Crippen LogP contribution in [0.15, 0.2) is 24.3 Å². The monoisotopic (exact) mass is 268 g/mol. The van der Waals surface area contributed by atoms with Crippen molar-refractivity contribution < 1.29 is 18.3 Å². The van der Waals surface area contributed by atoms with Crippen molar-refractivity contribution in [2.45, 2.75) is 18.9 Å². The zero-order chi connectivity index (χ0) is 13.4. The first kappa shape index (κ1) is 13.2. The van der Waals surface area contributed by atoms with Crippen LogP contribution in [-0.2, 0) is 15.4 Å². The molecule has 18 heavy (non-hydrogen) atoms. The van der Waals surface area contributed by atoms with E-state index in [1.807, 2.05) is 0 Å². The van der Waals surface area contributed by atoms with E-state index in [9.17, 15) is 18.3 Å². The second kappa shape index (κ2) is 4.48. The molecule has 0 amide bonds. The third-order valence-electron chi connectivity index (χ3n) is 3.66. The Bertz CT molecular complexity index is 560. The molecule has 0 aliphatic carbocycles. The maximum absolute atomic E-state index is 11.5. The van der Waals surface area contributed by atoms with Crippen molar-refractivity contribution in [1.29, 1.82) is 0 Å².